The van der Waals surface area contributed by atoms with E-state index >= 15 is 0 Å². The standard InChI is InChI=1S/C9H9BrN2OS2/c10-7-1-2-15-8(7)4-12-6(5-13)3-11-9(12)14/h1-3,13H,4-5H2,(H,11,14). The lowest BCUT2D eigenvalue weighted by atomic mass is 10.4. The molecule has 0 aromatic carbocycles. The smallest absolute Gasteiger partial charge is 0.177 e. The van der Waals surface area contributed by atoms with Crippen molar-refractivity contribution in [2.24, 2.45) is 0 Å². The topological polar surface area (TPSA) is 40.9 Å². The molecule has 2 rings (SSSR count). The maximum atomic E-state index is 9.13. The molecular formula is C9H9BrN2OS2. The first-order chi connectivity index (χ1) is 7.22. The van der Waals surface area contributed by atoms with Crippen molar-refractivity contribution >= 4 is 39.5 Å². The van der Waals surface area contributed by atoms with E-state index in [2.05, 4.69) is 20.9 Å². The first kappa shape index (κ1) is 11.1. The maximum Gasteiger partial charge on any atom is 0.177 e. The van der Waals surface area contributed by atoms with E-state index in [1.54, 1.807) is 17.5 Å². The van der Waals surface area contributed by atoms with Gasteiger partial charge in [0.15, 0.2) is 4.77 Å². The first-order valence-corrected chi connectivity index (χ1v) is 6.40. The van der Waals surface area contributed by atoms with Crippen molar-refractivity contribution in [3.8, 4) is 0 Å². The molecule has 15 heavy (non-hydrogen) atoms. The number of aromatic amines is 1. The van der Waals surface area contributed by atoms with E-state index in [1.165, 1.54) is 4.88 Å². The summed E-state index contributed by atoms with van der Waals surface area (Å²) in [5, 5.41) is 11.2. The molecule has 2 N–H and O–H groups in total. The van der Waals surface area contributed by atoms with Crippen LogP contribution in [0.4, 0.5) is 0 Å². The number of rotatable bonds is 3. The van der Waals surface area contributed by atoms with E-state index in [4.69, 9.17) is 17.3 Å². The van der Waals surface area contributed by atoms with Crippen LogP contribution in [0.15, 0.2) is 22.1 Å². The third-order valence-electron chi connectivity index (χ3n) is 2.11. The van der Waals surface area contributed by atoms with Crippen molar-refractivity contribution in [2.45, 2.75) is 13.2 Å². The van der Waals surface area contributed by atoms with Gasteiger partial charge in [0.05, 0.1) is 18.8 Å². The van der Waals surface area contributed by atoms with Gasteiger partial charge >= 0.3 is 0 Å². The Morgan fingerprint density at radius 2 is 2.40 bits per heavy atom. The van der Waals surface area contributed by atoms with Crippen LogP contribution in [-0.4, -0.2) is 14.7 Å². The molecule has 0 radical (unpaired) electrons. The fourth-order valence-corrected chi connectivity index (χ4v) is 3.02. The summed E-state index contributed by atoms with van der Waals surface area (Å²) in [5.41, 5.74) is 0.806. The van der Waals surface area contributed by atoms with Gasteiger partial charge in [-0.2, -0.15) is 0 Å². The summed E-state index contributed by atoms with van der Waals surface area (Å²) in [7, 11) is 0. The van der Waals surface area contributed by atoms with Crippen LogP contribution < -0.4 is 0 Å². The van der Waals surface area contributed by atoms with E-state index in [0.29, 0.717) is 11.3 Å². The second-order valence-electron chi connectivity index (χ2n) is 3.02. The number of aromatic nitrogens is 2. The Hall–Kier alpha value is -0.430. The number of imidazole rings is 1. The van der Waals surface area contributed by atoms with Crippen LogP contribution in [0.1, 0.15) is 10.6 Å². The van der Waals surface area contributed by atoms with Gasteiger partial charge in [0.2, 0.25) is 0 Å². The predicted molar refractivity (Wildman–Crippen MR) is 66.7 cm³/mol. The molecule has 0 spiro atoms. The van der Waals surface area contributed by atoms with Gasteiger partial charge in [0, 0.05) is 15.5 Å². The molecule has 0 amide bonds. The highest BCUT2D eigenvalue weighted by Crippen LogP contribution is 2.24. The Morgan fingerprint density at radius 3 is 3.00 bits per heavy atom. The minimum Gasteiger partial charge on any atom is -0.390 e. The molecule has 0 saturated carbocycles. The van der Waals surface area contributed by atoms with Crippen molar-refractivity contribution < 1.29 is 5.11 Å². The summed E-state index contributed by atoms with van der Waals surface area (Å²) >= 11 is 10.3. The van der Waals surface area contributed by atoms with E-state index in [0.717, 1.165) is 10.2 Å². The van der Waals surface area contributed by atoms with Gasteiger partial charge < -0.3 is 14.7 Å². The van der Waals surface area contributed by atoms with Crippen molar-refractivity contribution in [3.63, 3.8) is 0 Å². The molecule has 2 aromatic heterocycles. The van der Waals surface area contributed by atoms with Crippen molar-refractivity contribution in [1.82, 2.24) is 9.55 Å². The van der Waals surface area contributed by atoms with Crippen LogP contribution >= 0.6 is 39.5 Å². The summed E-state index contributed by atoms with van der Waals surface area (Å²) in [4.78, 5) is 4.12. The number of aliphatic hydroxyl groups is 1. The summed E-state index contributed by atoms with van der Waals surface area (Å²) in [6.45, 7) is 0.687. The molecule has 0 saturated heterocycles. The normalized spacial score (nSPS) is 10.8. The molecule has 0 aliphatic carbocycles. The van der Waals surface area contributed by atoms with Gasteiger partial charge in [-0.1, -0.05) is 0 Å². The summed E-state index contributed by atoms with van der Waals surface area (Å²) in [6, 6.07) is 2.01. The van der Waals surface area contributed by atoms with Crippen LogP contribution in [0.2, 0.25) is 0 Å². The fraction of sp³-hybridized carbons (Fsp3) is 0.222. The third-order valence-corrected chi connectivity index (χ3v) is 4.36. The number of halogens is 1. The zero-order valence-corrected chi connectivity index (χ0v) is 11.0. The van der Waals surface area contributed by atoms with Gasteiger partial charge in [0.25, 0.3) is 0 Å². The van der Waals surface area contributed by atoms with Gasteiger partial charge in [-0.25, -0.2) is 0 Å². The third kappa shape index (κ3) is 2.23. The van der Waals surface area contributed by atoms with Gasteiger partial charge in [-0.3, -0.25) is 0 Å². The molecule has 0 unspecified atom stereocenters. The second-order valence-corrected chi connectivity index (χ2v) is 5.26. The van der Waals surface area contributed by atoms with E-state index < -0.39 is 0 Å². The molecule has 6 heteroatoms. The van der Waals surface area contributed by atoms with E-state index in [-0.39, 0.29) is 6.61 Å². The van der Waals surface area contributed by atoms with Crippen molar-refractivity contribution in [1.29, 1.82) is 0 Å². The minimum absolute atomic E-state index is 0.00384. The number of nitrogens with one attached hydrogen (secondary N) is 1. The summed E-state index contributed by atoms with van der Waals surface area (Å²) < 4.78 is 3.62. The largest absolute Gasteiger partial charge is 0.390 e. The minimum atomic E-state index is -0.00384. The van der Waals surface area contributed by atoms with Gasteiger partial charge in [-0.05, 0) is 39.6 Å². The van der Waals surface area contributed by atoms with Crippen molar-refractivity contribution in [2.75, 3.05) is 0 Å². The zero-order valence-electron chi connectivity index (χ0n) is 7.74. The lowest BCUT2D eigenvalue weighted by molar-refractivity contribution is 0.271. The summed E-state index contributed by atoms with van der Waals surface area (Å²) in [5.74, 6) is 0. The quantitative estimate of drug-likeness (QED) is 0.856. The van der Waals surface area contributed by atoms with Gasteiger partial charge in [-0.15, -0.1) is 11.3 Å². The Bertz CT molecular complexity index is 514. The average molecular weight is 305 g/mol. The molecule has 0 fully saturated rings. The van der Waals surface area contributed by atoms with Crippen LogP contribution in [0, 0.1) is 4.77 Å². The monoisotopic (exact) mass is 304 g/mol. The molecule has 3 nitrogen and oxygen atoms in total. The number of H-pyrrole nitrogens is 1. The second kappa shape index (κ2) is 4.61. The number of hydrogen-bond acceptors (Lipinski definition) is 3. The molecular weight excluding hydrogens is 296 g/mol. The Kier molecular flexibility index (Phi) is 3.40. The van der Waals surface area contributed by atoms with E-state index in [9.17, 15) is 0 Å². The van der Waals surface area contributed by atoms with E-state index in [1.807, 2.05) is 16.0 Å². The van der Waals surface area contributed by atoms with Crippen molar-refractivity contribution in [3.05, 3.63) is 37.5 Å². The van der Waals surface area contributed by atoms with Gasteiger partial charge in [0.1, 0.15) is 0 Å². The molecule has 2 heterocycles. The number of thiophene rings is 1. The molecule has 0 bridgehead atoms. The molecule has 2 aromatic rings. The van der Waals surface area contributed by atoms with Crippen LogP contribution in [0.25, 0.3) is 0 Å². The highest BCUT2D eigenvalue weighted by atomic mass is 79.9. The molecule has 0 aliphatic rings. The predicted octanol–water partition coefficient (Wildman–Crippen LogP) is 2.91. The lowest BCUT2D eigenvalue weighted by Crippen LogP contribution is -2.03. The van der Waals surface area contributed by atoms with Crippen LogP contribution in [-0.2, 0) is 13.2 Å². The van der Waals surface area contributed by atoms with Crippen LogP contribution in [0.3, 0.4) is 0 Å². The lowest BCUT2D eigenvalue weighted by Gasteiger charge is -2.04. The Labute approximate surface area is 105 Å². The Morgan fingerprint density at radius 1 is 1.60 bits per heavy atom. The highest BCUT2D eigenvalue weighted by molar-refractivity contribution is 9.10. The number of nitrogens with zero attached hydrogens (tertiary/aromatic N) is 1. The fourth-order valence-electron chi connectivity index (χ4n) is 1.32. The molecule has 0 atom stereocenters. The number of aliphatic hydroxyl groups excluding tert-OH is 1. The molecule has 0 aliphatic heterocycles. The van der Waals surface area contributed by atoms with Crippen LogP contribution in [0.5, 0.6) is 0 Å². The average Bonchev–Trinajstić information content (AvgIpc) is 2.77. The zero-order chi connectivity index (χ0) is 10.8. The Balaban J connectivity index is 2.35. The summed E-state index contributed by atoms with van der Waals surface area (Å²) in [6.07, 6.45) is 1.74. The maximum absolute atomic E-state index is 9.13. The highest BCUT2D eigenvalue weighted by Gasteiger charge is 2.07. The first-order valence-electron chi connectivity index (χ1n) is 4.32. The SMILES string of the molecule is OCc1c[nH]c(=S)n1Cc1sccc1Br. The number of hydrogen-bond donors (Lipinski definition) is 2. The molecule has 80 valence electrons.